The van der Waals surface area contributed by atoms with Crippen molar-refractivity contribution in [3.05, 3.63) is 28.0 Å². The average Bonchev–Trinajstić information content (AvgIpc) is 3.47. The highest BCUT2D eigenvalue weighted by Gasteiger charge is 2.22. The molecule has 5 rings (SSSR count). The van der Waals surface area contributed by atoms with Gasteiger partial charge in [0.2, 0.25) is 5.16 Å². The first kappa shape index (κ1) is 18.2. The van der Waals surface area contributed by atoms with Gasteiger partial charge in [0.1, 0.15) is 9.86 Å². The van der Waals surface area contributed by atoms with Gasteiger partial charge in [0.15, 0.2) is 5.82 Å². The van der Waals surface area contributed by atoms with Crippen LogP contribution in [0.4, 0.5) is 0 Å². The summed E-state index contributed by atoms with van der Waals surface area (Å²) in [5, 5.41) is 17.1. The fourth-order valence-corrected chi connectivity index (χ4v) is 5.96. The number of tetrazole rings is 1. The van der Waals surface area contributed by atoms with Crippen molar-refractivity contribution in [2.24, 2.45) is 0 Å². The summed E-state index contributed by atoms with van der Waals surface area (Å²) in [6.45, 7) is 5.74. The van der Waals surface area contributed by atoms with Gasteiger partial charge in [-0.3, -0.25) is 0 Å². The van der Waals surface area contributed by atoms with Crippen LogP contribution < -0.4 is 0 Å². The molecule has 28 heavy (non-hydrogen) atoms. The number of nitrogens with zero attached hydrogens (tertiary/aromatic N) is 6. The van der Waals surface area contributed by atoms with E-state index in [0.717, 1.165) is 50.5 Å². The average molecular weight is 431 g/mol. The van der Waals surface area contributed by atoms with Crippen molar-refractivity contribution in [3.63, 3.8) is 0 Å². The molecule has 0 amide bonds. The van der Waals surface area contributed by atoms with Crippen LogP contribution in [0.5, 0.6) is 0 Å². The zero-order chi connectivity index (χ0) is 19.1. The van der Waals surface area contributed by atoms with E-state index in [-0.39, 0.29) is 6.10 Å². The Bertz CT molecular complexity index is 1110. The molecule has 0 radical (unpaired) electrons. The first-order chi connectivity index (χ1) is 13.7. The van der Waals surface area contributed by atoms with Crippen molar-refractivity contribution >= 4 is 44.7 Å². The summed E-state index contributed by atoms with van der Waals surface area (Å²) in [5.41, 5.74) is 1.22. The Balaban J connectivity index is 1.56. The molecule has 5 heterocycles. The van der Waals surface area contributed by atoms with E-state index in [4.69, 9.17) is 14.7 Å². The highest BCUT2D eigenvalue weighted by atomic mass is 32.2. The van der Waals surface area contributed by atoms with Crippen molar-refractivity contribution in [2.75, 3.05) is 6.61 Å². The second-order valence-corrected chi connectivity index (χ2v) is 9.78. The van der Waals surface area contributed by atoms with Crippen molar-refractivity contribution in [1.29, 1.82) is 0 Å². The van der Waals surface area contributed by atoms with Gasteiger partial charge >= 0.3 is 0 Å². The van der Waals surface area contributed by atoms with Crippen LogP contribution in [0.3, 0.4) is 0 Å². The van der Waals surface area contributed by atoms with E-state index in [2.05, 4.69) is 35.4 Å². The van der Waals surface area contributed by atoms with E-state index in [1.165, 1.54) is 22.2 Å². The van der Waals surface area contributed by atoms with Crippen LogP contribution in [0, 0.1) is 13.8 Å². The topological polar surface area (TPSA) is 78.6 Å². The van der Waals surface area contributed by atoms with Crippen LogP contribution in [0.2, 0.25) is 0 Å². The van der Waals surface area contributed by atoms with Crippen LogP contribution in [-0.4, -0.2) is 42.9 Å². The second kappa shape index (κ2) is 7.51. The Morgan fingerprint density at radius 1 is 1.32 bits per heavy atom. The molecule has 0 N–H and O–H groups in total. The van der Waals surface area contributed by atoms with Crippen molar-refractivity contribution < 1.29 is 4.74 Å². The van der Waals surface area contributed by atoms with Crippen LogP contribution in [0.15, 0.2) is 27.7 Å². The molecule has 144 valence electrons. The monoisotopic (exact) mass is 430 g/mol. The summed E-state index contributed by atoms with van der Waals surface area (Å²) in [7, 11) is 0. The minimum atomic E-state index is 0.181. The first-order valence-corrected chi connectivity index (χ1v) is 11.6. The molecule has 1 fully saturated rings. The molecule has 1 atom stereocenters. The number of fused-ring (bicyclic) bond motifs is 1. The third-order valence-electron chi connectivity index (χ3n) is 4.82. The van der Waals surface area contributed by atoms with Crippen LogP contribution >= 0.6 is 34.4 Å². The maximum absolute atomic E-state index is 5.74. The summed E-state index contributed by atoms with van der Waals surface area (Å²) in [5.74, 6) is 0.754. The van der Waals surface area contributed by atoms with Crippen LogP contribution in [0.25, 0.3) is 20.9 Å². The molecule has 0 bridgehead atoms. The Morgan fingerprint density at radius 3 is 3.04 bits per heavy atom. The lowest BCUT2D eigenvalue weighted by Crippen LogP contribution is -2.16. The lowest BCUT2D eigenvalue weighted by atomic mass is 10.2. The minimum Gasteiger partial charge on any atom is -0.376 e. The molecule has 0 aromatic carbocycles. The van der Waals surface area contributed by atoms with Crippen LogP contribution in [0.1, 0.15) is 23.3 Å². The van der Waals surface area contributed by atoms with Gasteiger partial charge < -0.3 is 4.74 Å². The van der Waals surface area contributed by atoms with Gasteiger partial charge in [-0.05, 0) is 65.9 Å². The van der Waals surface area contributed by atoms with Crippen molar-refractivity contribution in [1.82, 2.24) is 30.2 Å². The Morgan fingerprint density at radius 2 is 2.25 bits per heavy atom. The second-order valence-electron chi connectivity index (χ2n) is 6.67. The van der Waals surface area contributed by atoms with Crippen LogP contribution in [-0.2, 0) is 11.3 Å². The van der Waals surface area contributed by atoms with Crippen molar-refractivity contribution in [2.45, 2.75) is 49.5 Å². The normalized spacial score (nSPS) is 17.0. The third kappa shape index (κ3) is 3.34. The zero-order valence-corrected chi connectivity index (χ0v) is 17.9. The molecule has 1 saturated heterocycles. The molecule has 0 aliphatic carbocycles. The number of hydrogen-bond donors (Lipinski definition) is 0. The zero-order valence-electron chi connectivity index (χ0n) is 15.5. The molecule has 0 unspecified atom stereocenters. The van der Waals surface area contributed by atoms with Gasteiger partial charge in [-0.1, -0.05) is 6.07 Å². The Labute approximate surface area is 174 Å². The van der Waals surface area contributed by atoms with E-state index >= 15 is 0 Å². The van der Waals surface area contributed by atoms with Gasteiger partial charge in [-0.15, -0.1) is 27.8 Å². The lowest BCUT2D eigenvalue weighted by molar-refractivity contribution is 0.0912. The highest BCUT2D eigenvalue weighted by Crippen LogP contribution is 2.39. The number of hydrogen-bond acceptors (Lipinski definition) is 9. The molecule has 1 aliphatic heterocycles. The first-order valence-electron chi connectivity index (χ1n) is 9.06. The fraction of sp³-hybridized carbons (Fsp3) is 0.389. The lowest BCUT2D eigenvalue weighted by Gasteiger charge is -2.10. The summed E-state index contributed by atoms with van der Waals surface area (Å²) < 4.78 is 7.57. The van der Waals surface area contributed by atoms with Gasteiger partial charge in [0, 0.05) is 16.9 Å². The van der Waals surface area contributed by atoms with Gasteiger partial charge in [-0.25, -0.2) is 14.6 Å². The predicted octanol–water partition coefficient (Wildman–Crippen LogP) is 4.35. The van der Waals surface area contributed by atoms with E-state index in [1.807, 2.05) is 16.1 Å². The van der Waals surface area contributed by atoms with E-state index < -0.39 is 0 Å². The molecular formula is C18H18N6OS3. The van der Waals surface area contributed by atoms with Crippen molar-refractivity contribution in [3.8, 4) is 10.7 Å². The highest BCUT2D eigenvalue weighted by molar-refractivity contribution is 7.99. The molecule has 10 heteroatoms. The standard InChI is InChI=1S/C18H18N6OS3/c1-10-11(2)27-16-14(10)17(20-15(19-16)13-6-4-8-26-13)28-18-21-22-23-24(18)9-12-5-3-7-25-12/h4,6,8,12H,3,5,7,9H2,1-2H3/t12-/m0/s1. The predicted molar refractivity (Wildman–Crippen MR) is 111 cm³/mol. The third-order valence-corrected chi connectivity index (χ3v) is 7.76. The largest absolute Gasteiger partial charge is 0.376 e. The number of aromatic nitrogens is 6. The van der Waals surface area contributed by atoms with Gasteiger partial charge in [0.25, 0.3) is 0 Å². The number of rotatable bonds is 5. The maximum Gasteiger partial charge on any atom is 0.215 e. The van der Waals surface area contributed by atoms with Gasteiger partial charge in [-0.2, -0.15) is 0 Å². The summed E-state index contributed by atoms with van der Waals surface area (Å²) in [6, 6.07) is 4.07. The van der Waals surface area contributed by atoms with Gasteiger partial charge in [0.05, 0.1) is 17.5 Å². The maximum atomic E-state index is 5.74. The fourth-order valence-electron chi connectivity index (χ4n) is 3.25. The number of thiophene rings is 2. The number of aryl methyl sites for hydroxylation is 2. The summed E-state index contributed by atoms with van der Waals surface area (Å²) in [6.07, 6.45) is 2.33. The molecule has 7 nitrogen and oxygen atoms in total. The Hall–Kier alpha value is -1.88. The molecule has 0 spiro atoms. The Kier molecular flexibility index (Phi) is 4.87. The van der Waals surface area contributed by atoms with E-state index in [0.29, 0.717) is 6.54 Å². The SMILES string of the molecule is Cc1sc2nc(-c3cccs3)nc(Sc3nnnn3C[C@@H]3CCCO3)c2c1C. The smallest absolute Gasteiger partial charge is 0.215 e. The molecule has 4 aromatic rings. The summed E-state index contributed by atoms with van der Waals surface area (Å²) >= 11 is 4.86. The summed E-state index contributed by atoms with van der Waals surface area (Å²) in [4.78, 5) is 13.0. The number of ether oxygens (including phenoxy) is 1. The molecule has 4 aromatic heterocycles. The van der Waals surface area contributed by atoms with E-state index in [9.17, 15) is 0 Å². The quantitative estimate of drug-likeness (QED) is 0.435. The molecular weight excluding hydrogens is 412 g/mol. The molecule has 0 saturated carbocycles. The minimum absolute atomic E-state index is 0.181. The molecule has 1 aliphatic rings. The van der Waals surface area contributed by atoms with E-state index in [1.54, 1.807) is 22.7 Å².